The van der Waals surface area contributed by atoms with Crippen molar-refractivity contribution >= 4 is 23.3 Å². The van der Waals surface area contributed by atoms with E-state index in [1.54, 1.807) is 0 Å². The van der Waals surface area contributed by atoms with Crippen LogP contribution < -0.4 is 4.74 Å². The topological polar surface area (TPSA) is 91.8 Å². The first kappa shape index (κ1) is 14.9. The molecule has 1 aromatic carbocycles. The second-order valence-corrected chi connectivity index (χ2v) is 4.32. The summed E-state index contributed by atoms with van der Waals surface area (Å²) in [6.07, 6.45) is 1.34. The van der Waals surface area contributed by atoms with Gasteiger partial charge in [0.05, 0.1) is 23.3 Å². The lowest BCUT2D eigenvalue weighted by Gasteiger charge is -2.07. The number of non-ortho nitro benzene ring substituents is 1. The minimum Gasteiger partial charge on any atom is -0.484 e. The molecule has 0 radical (unpaired) electrons. The van der Waals surface area contributed by atoms with Gasteiger partial charge in [0.25, 0.3) is 5.69 Å². The van der Waals surface area contributed by atoms with E-state index in [9.17, 15) is 14.9 Å². The van der Waals surface area contributed by atoms with Crippen LogP contribution in [0, 0.1) is 10.1 Å². The summed E-state index contributed by atoms with van der Waals surface area (Å²) in [5, 5.41) is 10.7. The molecular weight excluding hydrogens is 302 g/mol. The molecule has 0 amide bonds. The number of halogens is 1. The molecule has 0 unspecified atom stereocenters. The summed E-state index contributed by atoms with van der Waals surface area (Å²) in [4.78, 5) is 21.5. The van der Waals surface area contributed by atoms with E-state index in [2.05, 4.69) is 4.74 Å². The molecular formula is C13H10ClNO6. The van der Waals surface area contributed by atoms with Crippen molar-refractivity contribution in [3.8, 4) is 5.75 Å². The third-order valence-corrected chi connectivity index (χ3v) is 2.93. The van der Waals surface area contributed by atoms with Crippen molar-refractivity contribution < 1.29 is 23.6 Å². The zero-order valence-electron chi connectivity index (χ0n) is 10.9. The highest BCUT2D eigenvalue weighted by molar-refractivity contribution is 6.32. The molecule has 0 bridgehead atoms. The average Bonchev–Trinajstić information content (AvgIpc) is 2.93. The molecule has 2 rings (SSSR count). The van der Waals surface area contributed by atoms with Crippen LogP contribution in [-0.2, 0) is 11.3 Å². The van der Waals surface area contributed by atoms with Crippen LogP contribution in [0.1, 0.15) is 16.1 Å². The van der Waals surface area contributed by atoms with E-state index < -0.39 is 10.9 Å². The van der Waals surface area contributed by atoms with Gasteiger partial charge in [0.2, 0.25) is 0 Å². The third-order valence-electron chi connectivity index (χ3n) is 2.64. The number of hydrogen-bond donors (Lipinski definition) is 0. The highest BCUT2D eigenvalue weighted by Crippen LogP contribution is 2.29. The van der Waals surface area contributed by atoms with Crippen LogP contribution in [0.5, 0.6) is 5.75 Å². The van der Waals surface area contributed by atoms with E-state index in [4.69, 9.17) is 20.8 Å². The van der Waals surface area contributed by atoms with Gasteiger partial charge in [-0.1, -0.05) is 11.6 Å². The number of ether oxygens (including phenoxy) is 2. The van der Waals surface area contributed by atoms with E-state index in [1.165, 1.54) is 37.6 Å². The summed E-state index contributed by atoms with van der Waals surface area (Å²) in [6, 6.07) is 5.29. The van der Waals surface area contributed by atoms with Gasteiger partial charge in [0.15, 0.2) is 5.76 Å². The summed E-state index contributed by atoms with van der Waals surface area (Å²) in [5.41, 5.74) is 0.108. The van der Waals surface area contributed by atoms with Crippen LogP contribution in [0.25, 0.3) is 0 Å². The molecule has 0 aliphatic heterocycles. The number of carbonyl (C=O) groups excluding carboxylic acids is 1. The molecule has 0 saturated heterocycles. The first-order chi connectivity index (χ1) is 10.0. The molecule has 1 heterocycles. The van der Waals surface area contributed by atoms with Crippen molar-refractivity contribution in [3.63, 3.8) is 0 Å². The number of furan rings is 1. The Labute approximate surface area is 124 Å². The fraction of sp³-hybridized carbons (Fsp3) is 0.154. The molecule has 0 aliphatic rings. The van der Waals surface area contributed by atoms with Crippen LogP contribution >= 0.6 is 11.6 Å². The molecule has 7 nitrogen and oxygen atoms in total. The zero-order valence-corrected chi connectivity index (χ0v) is 11.6. The van der Waals surface area contributed by atoms with E-state index in [-0.39, 0.29) is 34.4 Å². The molecule has 0 atom stereocenters. The Morgan fingerprint density at radius 1 is 1.43 bits per heavy atom. The van der Waals surface area contributed by atoms with Crippen molar-refractivity contribution in [3.05, 3.63) is 57.0 Å². The van der Waals surface area contributed by atoms with Gasteiger partial charge in [-0.3, -0.25) is 10.1 Å². The number of carbonyl (C=O) groups is 1. The maximum Gasteiger partial charge on any atom is 0.341 e. The second kappa shape index (κ2) is 6.27. The Morgan fingerprint density at radius 3 is 2.81 bits per heavy atom. The van der Waals surface area contributed by atoms with Gasteiger partial charge in [-0.05, 0) is 12.1 Å². The molecule has 2 aromatic rings. The molecule has 0 N–H and O–H groups in total. The highest BCUT2D eigenvalue weighted by atomic mass is 35.5. The number of nitro groups is 1. The number of rotatable bonds is 5. The Kier molecular flexibility index (Phi) is 4.44. The second-order valence-electron chi connectivity index (χ2n) is 3.91. The van der Waals surface area contributed by atoms with E-state index in [0.717, 1.165) is 0 Å². The predicted molar refractivity (Wildman–Crippen MR) is 72.5 cm³/mol. The molecule has 0 fully saturated rings. The lowest BCUT2D eigenvalue weighted by Crippen LogP contribution is -2.05. The standard InChI is InChI=1S/C13H10ClNO6/c1-19-13(16)9-4-5-20-12(9)7-21-11-3-2-8(15(17)18)6-10(11)14/h2-6H,7H2,1H3. The lowest BCUT2D eigenvalue weighted by molar-refractivity contribution is -0.384. The fourth-order valence-electron chi connectivity index (χ4n) is 1.61. The number of methoxy groups -OCH3 is 1. The van der Waals surface area contributed by atoms with E-state index >= 15 is 0 Å². The zero-order chi connectivity index (χ0) is 15.4. The van der Waals surface area contributed by atoms with Crippen LogP contribution in [-0.4, -0.2) is 18.0 Å². The Bertz CT molecular complexity index is 681. The van der Waals surface area contributed by atoms with Gasteiger partial charge in [0, 0.05) is 12.1 Å². The Hall–Kier alpha value is -2.54. The summed E-state index contributed by atoms with van der Waals surface area (Å²) in [5.74, 6) is -0.0251. The van der Waals surface area contributed by atoms with Crippen LogP contribution in [0.4, 0.5) is 5.69 Å². The van der Waals surface area contributed by atoms with Crippen LogP contribution in [0.2, 0.25) is 5.02 Å². The fourth-order valence-corrected chi connectivity index (χ4v) is 1.84. The quantitative estimate of drug-likeness (QED) is 0.478. The minimum absolute atomic E-state index is 0.0606. The SMILES string of the molecule is COC(=O)c1ccoc1COc1ccc([N+](=O)[O-])cc1Cl. The van der Waals surface area contributed by atoms with Gasteiger partial charge < -0.3 is 13.9 Å². The number of nitro benzene ring substituents is 1. The maximum atomic E-state index is 11.5. The average molecular weight is 312 g/mol. The van der Waals surface area contributed by atoms with Gasteiger partial charge in [-0.15, -0.1) is 0 Å². The minimum atomic E-state index is -0.558. The monoisotopic (exact) mass is 311 g/mol. The van der Waals surface area contributed by atoms with Crippen LogP contribution in [0.3, 0.4) is 0 Å². The van der Waals surface area contributed by atoms with E-state index in [1.807, 2.05) is 0 Å². The summed E-state index contributed by atoms with van der Waals surface area (Å²) < 4.78 is 15.1. The van der Waals surface area contributed by atoms with Crippen molar-refractivity contribution in [1.82, 2.24) is 0 Å². The highest BCUT2D eigenvalue weighted by Gasteiger charge is 2.16. The number of benzene rings is 1. The smallest absolute Gasteiger partial charge is 0.341 e. The normalized spacial score (nSPS) is 10.2. The van der Waals surface area contributed by atoms with Crippen molar-refractivity contribution in [2.75, 3.05) is 7.11 Å². The first-order valence-corrected chi connectivity index (χ1v) is 6.12. The molecule has 110 valence electrons. The molecule has 21 heavy (non-hydrogen) atoms. The molecule has 8 heteroatoms. The van der Waals surface area contributed by atoms with Crippen LogP contribution in [0.15, 0.2) is 34.9 Å². The summed E-state index contributed by atoms with van der Waals surface area (Å²) in [6.45, 7) is -0.0606. The predicted octanol–water partition coefficient (Wildman–Crippen LogP) is 3.21. The lowest BCUT2D eigenvalue weighted by atomic mass is 10.2. The van der Waals surface area contributed by atoms with Crippen molar-refractivity contribution in [2.24, 2.45) is 0 Å². The van der Waals surface area contributed by atoms with Gasteiger partial charge >= 0.3 is 5.97 Å². The van der Waals surface area contributed by atoms with Gasteiger partial charge in [-0.2, -0.15) is 0 Å². The molecule has 0 aliphatic carbocycles. The number of hydrogen-bond acceptors (Lipinski definition) is 6. The number of nitrogens with zero attached hydrogens (tertiary/aromatic N) is 1. The molecule has 1 aromatic heterocycles. The first-order valence-electron chi connectivity index (χ1n) is 5.74. The van der Waals surface area contributed by atoms with Crippen molar-refractivity contribution in [2.45, 2.75) is 6.61 Å². The van der Waals surface area contributed by atoms with Gasteiger partial charge in [-0.25, -0.2) is 4.79 Å². The van der Waals surface area contributed by atoms with Gasteiger partial charge in [0.1, 0.15) is 17.9 Å². The molecule has 0 saturated carbocycles. The largest absolute Gasteiger partial charge is 0.484 e. The molecule has 0 spiro atoms. The van der Waals surface area contributed by atoms with E-state index in [0.29, 0.717) is 0 Å². The Morgan fingerprint density at radius 2 is 2.19 bits per heavy atom. The Balaban J connectivity index is 2.12. The maximum absolute atomic E-state index is 11.5. The van der Waals surface area contributed by atoms with Crippen molar-refractivity contribution in [1.29, 1.82) is 0 Å². The summed E-state index contributed by atoms with van der Waals surface area (Å²) >= 11 is 5.89. The summed E-state index contributed by atoms with van der Waals surface area (Å²) in [7, 11) is 1.26. The number of esters is 1. The third kappa shape index (κ3) is 3.32.